The van der Waals surface area contributed by atoms with E-state index in [-0.39, 0.29) is 17.2 Å². The maximum atomic E-state index is 13.8. The Bertz CT molecular complexity index is 1040. The number of carbonyl (C=O) groups is 1. The van der Waals surface area contributed by atoms with Gasteiger partial charge < -0.3 is 19.7 Å². The van der Waals surface area contributed by atoms with Crippen LogP contribution in [-0.4, -0.2) is 50.7 Å². The Morgan fingerprint density at radius 2 is 1.94 bits per heavy atom. The molecule has 2 aromatic carbocycles. The molecule has 6 nitrogen and oxygen atoms in total. The second-order valence-corrected chi connectivity index (χ2v) is 9.16. The Morgan fingerprint density at radius 3 is 2.66 bits per heavy atom. The lowest BCUT2D eigenvalue weighted by molar-refractivity contribution is -0.138. The average molecular weight is 432 g/mol. The van der Waals surface area contributed by atoms with Crippen molar-refractivity contribution < 1.29 is 14.3 Å². The Labute approximate surface area is 189 Å². The molecule has 5 rings (SSSR count). The van der Waals surface area contributed by atoms with Crippen LogP contribution in [0.25, 0.3) is 0 Å². The molecule has 2 unspecified atom stereocenters. The van der Waals surface area contributed by atoms with Gasteiger partial charge >= 0.3 is 0 Å². The second-order valence-electron chi connectivity index (χ2n) is 9.16. The summed E-state index contributed by atoms with van der Waals surface area (Å²) in [4.78, 5) is 15.8. The van der Waals surface area contributed by atoms with E-state index in [1.807, 2.05) is 47.4 Å². The van der Waals surface area contributed by atoms with Crippen LogP contribution in [0.1, 0.15) is 30.4 Å². The number of amides is 1. The zero-order valence-electron chi connectivity index (χ0n) is 18.5. The van der Waals surface area contributed by atoms with Gasteiger partial charge in [-0.15, -0.1) is 0 Å². The highest BCUT2D eigenvalue weighted by Gasteiger charge is 2.53. The number of hydrogen-bond acceptors (Lipinski definition) is 5. The third-order valence-corrected chi connectivity index (χ3v) is 7.75. The molecule has 0 aromatic heterocycles. The second kappa shape index (κ2) is 8.14. The Balaban J connectivity index is 1.39. The molecule has 0 bridgehead atoms. The van der Waals surface area contributed by atoms with E-state index in [2.05, 4.69) is 17.5 Å². The minimum absolute atomic E-state index is 0.149. The summed E-state index contributed by atoms with van der Waals surface area (Å²) in [5, 5.41) is 13.5. The summed E-state index contributed by atoms with van der Waals surface area (Å²) in [6.07, 6.45) is 2.14. The minimum atomic E-state index is -0.512. The predicted octanol–water partition coefficient (Wildman–Crippen LogP) is 3.02. The zero-order chi connectivity index (χ0) is 22.2. The van der Waals surface area contributed by atoms with Crippen molar-refractivity contribution in [2.75, 3.05) is 39.9 Å². The Morgan fingerprint density at radius 1 is 1.16 bits per heavy atom. The molecular formula is C26H29N3O3. The van der Waals surface area contributed by atoms with E-state index in [0.717, 1.165) is 35.6 Å². The minimum Gasteiger partial charge on any atom is -0.493 e. The van der Waals surface area contributed by atoms with E-state index >= 15 is 0 Å². The SMILES string of the molecule is COc1cccc2c1OCCC21CNCC1C(=O)N1CCC(C#N)(c2ccccc2)CC1. The van der Waals surface area contributed by atoms with Crippen molar-refractivity contribution in [1.82, 2.24) is 10.2 Å². The fourth-order valence-electron chi connectivity index (χ4n) is 5.87. The van der Waals surface area contributed by atoms with Gasteiger partial charge in [0.2, 0.25) is 5.91 Å². The maximum absolute atomic E-state index is 13.8. The number of nitriles is 1. The van der Waals surface area contributed by atoms with Crippen molar-refractivity contribution in [2.45, 2.75) is 30.1 Å². The summed E-state index contributed by atoms with van der Waals surface area (Å²) in [6, 6.07) is 18.5. The number of benzene rings is 2. The van der Waals surface area contributed by atoms with Gasteiger partial charge in [-0.05, 0) is 30.9 Å². The lowest BCUT2D eigenvalue weighted by Gasteiger charge is -2.43. The summed E-state index contributed by atoms with van der Waals surface area (Å²) in [5.74, 6) is 1.53. The number of fused-ring (bicyclic) bond motifs is 2. The van der Waals surface area contributed by atoms with Crippen LogP contribution in [0, 0.1) is 17.2 Å². The standard InChI is InChI=1S/C26H29N3O3/c1-31-22-9-5-8-20-23(22)32-15-12-26(20)18-28-16-21(26)24(30)29-13-10-25(17-27,11-14-29)19-6-3-2-4-7-19/h2-9,21,28H,10-16,18H2,1H3. The largest absolute Gasteiger partial charge is 0.493 e. The fraction of sp³-hybridized carbons (Fsp3) is 0.462. The number of likely N-dealkylation sites (tertiary alicyclic amines) is 1. The van der Waals surface area contributed by atoms with Gasteiger partial charge in [-0.2, -0.15) is 5.26 Å². The number of rotatable bonds is 3. The van der Waals surface area contributed by atoms with Gasteiger partial charge in [-0.25, -0.2) is 0 Å². The number of nitrogens with one attached hydrogen (secondary N) is 1. The van der Waals surface area contributed by atoms with Gasteiger partial charge in [0, 0.05) is 37.2 Å². The highest BCUT2D eigenvalue weighted by Crippen LogP contribution is 2.50. The molecule has 3 aliphatic rings. The zero-order valence-corrected chi connectivity index (χ0v) is 18.5. The maximum Gasteiger partial charge on any atom is 0.227 e. The van der Waals surface area contributed by atoms with Crippen LogP contribution in [-0.2, 0) is 15.6 Å². The van der Waals surface area contributed by atoms with Gasteiger partial charge in [0.25, 0.3) is 0 Å². The first kappa shape index (κ1) is 20.8. The lowest BCUT2D eigenvalue weighted by Crippen LogP contribution is -2.52. The van der Waals surface area contributed by atoms with Crippen LogP contribution in [0.5, 0.6) is 11.5 Å². The lowest BCUT2D eigenvalue weighted by atomic mass is 9.68. The first-order valence-corrected chi connectivity index (χ1v) is 11.4. The summed E-state index contributed by atoms with van der Waals surface area (Å²) in [5.41, 5.74) is 1.32. The Kier molecular flexibility index (Phi) is 5.30. The van der Waals surface area contributed by atoms with Crippen molar-refractivity contribution in [2.24, 2.45) is 5.92 Å². The van der Waals surface area contributed by atoms with Gasteiger partial charge in [-0.3, -0.25) is 4.79 Å². The van der Waals surface area contributed by atoms with Crippen molar-refractivity contribution in [3.63, 3.8) is 0 Å². The van der Waals surface area contributed by atoms with Crippen LogP contribution in [0.2, 0.25) is 0 Å². The Hall–Kier alpha value is -3.04. The van der Waals surface area contributed by atoms with E-state index < -0.39 is 5.41 Å². The highest BCUT2D eigenvalue weighted by molar-refractivity contribution is 5.82. The predicted molar refractivity (Wildman–Crippen MR) is 121 cm³/mol. The quantitative estimate of drug-likeness (QED) is 0.809. The molecule has 3 heterocycles. The average Bonchev–Trinajstić information content (AvgIpc) is 3.28. The molecule has 1 amide bonds. The van der Waals surface area contributed by atoms with E-state index in [1.54, 1.807) is 7.11 Å². The highest BCUT2D eigenvalue weighted by atomic mass is 16.5. The molecule has 0 radical (unpaired) electrons. The monoisotopic (exact) mass is 431 g/mol. The van der Waals surface area contributed by atoms with Gasteiger partial charge in [0.1, 0.15) is 0 Å². The van der Waals surface area contributed by atoms with E-state index in [9.17, 15) is 10.1 Å². The van der Waals surface area contributed by atoms with E-state index in [1.165, 1.54) is 0 Å². The topological polar surface area (TPSA) is 74.6 Å². The van der Waals surface area contributed by atoms with Gasteiger partial charge in [0.15, 0.2) is 11.5 Å². The number of piperidine rings is 1. The summed E-state index contributed by atoms with van der Waals surface area (Å²) < 4.78 is 11.5. The smallest absolute Gasteiger partial charge is 0.227 e. The molecule has 1 N–H and O–H groups in total. The molecule has 0 aliphatic carbocycles. The summed E-state index contributed by atoms with van der Waals surface area (Å²) in [7, 11) is 1.65. The molecule has 3 aliphatic heterocycles. The molecule has 2 saturated heterocycles. The molecule has 0 saturated carbocycles. The number of methoxy groups -OCH3 is 1. The van der Waals surface area contributed by atoms with Crippen LogP contribution in [0.4, 0.5) is 0 Å². The fourth-order valence-corrected chi connectivity index (χ4v) is 5.87. The van der Waals surface area contributed by atoms with Crippen LogP contribution in [0.15, 0.2) is 48.5 Å². The summed E-state index contributed by atoms with van der Waals surface area (Å²) in [6.45, 7) is 3.20. The van der Waals surface area contributed by atoms with Crippen LogP contribution < -0.4 is 14.8 Å². The van der Waals surface area contributed by atoms with Crippen molar-refractivity contribution in [3.8, 4) is 17.6 Å². The third kappa shape index (κ3) is 3.15. The third-order valence-electron chi connectivity index (χ3n) is 7.75. The van der Waals surface area contributed by atoms with Crippen molar-refractivity contribution >= 4 is 5.91 Å². The first-order chi connectivity index (χ1) is 15.6. The number of nitrogens with zero attached hydrogens (tertiary/aromatic N) is 2. The van der Waals surface area contributed by atoms with Gasteiger partial charge in [-0.1, -0.05) is 42.5 Å². The number of para-hydroxylation sites is 1. The van der Waals surface area contributed by atoms with E-state index in [4.69, 9.17) is 9.47 Å². The molecule has 6 heteroatoms. The van der Waals surface area contributed by atoms with E-state index in [0.29, 0.717) is 39.1 Å². The number of ether oxygens (including phenoxy) is 2. The van der Waals surface area contributed by atoms with Crippen LogP contribution >= 0.6 is 0 Å². The van der Waals surface area contributed by atoms with Gasteiger partial charge in [0.05, 0.1) is 31.1 Å². The molecule has 32 heavy (non-hydrogen) atoms. The van der Waals surface area contributed by atoms with Crippen molar-refractivity contribution in [1.29, 1.82) is 5.26 Å². The van der Waals surface area contributed by atoms with Crippen LogP contribution in [0.3, 0.4) is 0 Å². The first-order valence-electron chi connectivity index (χ1n) is 11.4. The molecule has 1 spiro atoms. The van der Waals surface area contributed by atoms with Crippen molar-refractivity contribution in [3.05, 3.63) is 59.7 Å². The summed E-state index contributed by atoms with van der Waals surface area (Å²) >= 11 is 0. The molecule has 166 valence electrons. The number of hydrogen-bond donors (Lipinski definition) is 1. The molecule has 2 fully saturated rings. The molecular weight excluding hydrogens is 402 g/mol. The molecule has 2 atom stereocenters. The normalized spacial score (nSPS) is 26.1. The molecule has 2 aromatic rings. The number of carbonyl (C=O) groups excluding carboxylic acids is 1.